The highest BCUT2D eigenvalue weighted by Crippen LogP contribution is 2.24. The summed E-state index contributed by atoms with van der Waals surface area (Å²) in [6, 6.07) is 5.36. The molecule has 0 amide bonds. The number of carbonyl (C=O) groups is 1. The van der Waals surface area contributed by atoms with Crippen molar-refractivity contribution in [1.29, 1.82) is 0 Å². The molecule has 1 aliphatic rings. The fourth-order valence-corrected chi connectivity index (χ4v) is 2.37. The van der Waals surface area contributed by atoms with E-state index in [1.807, 2.05) is 6.07 Å². The highest BCUT2D eigenvalue weighted by molar-refractivity contribution is 5.91. The average molecular weight is 278 g/mol. The Labute approximate surface area is 119 Å². The van der Waals surface area contributed by atoms with E-state index in [2.05, 4.69) is 12.2 Å². The molecule has 0 spiro atoms. The van der Waals surface area contributed by atoms with E-state index >= 15 is 0 Å². The quantitative estimate of drug-likeness (QED) is 0.639. The Balaban J connectivity index is 2.03. The van der Waals surface area contributed by atoms with Gasteiger partial charge in [-0.05, 0) is 44.9 Å². The van der Waals surface area contributed by atoms with E-state index in [-0.39, 0.29) is 18.1 Å². The minimum Gasteiger partial charge on any atom is -0.462 e. The van der Waals surface area contributed by atoms with Crippen molar-refractivity contribution in [2.45, 2.75) is 38.8 Å². The number of esters is 1. The lowest BCUT2D eigenvalue weighted by Gasteiger charge is -2.22. The first-order chi connectivity index (χ1) is 9.61. The summed E-state index contributed by atoms with van der Waals surface area (Å²) in [5.41, 5.74) is 7.83. The molecule has 5 nitrogen and oxygen atoms in total. The molecule has 110 valence electrons. The van der Waals surface area contributed by atoms with Gasteiger partial charge in [0.1, 0.15) is 0 Å². The zero-order chi connectivity index (χ0) is 14.5. The van der Waals surface area contributed by atoms with Crippen LogP contribution in [0.5, 0.6) is 0 Å². The van der Waals surface area contributed by atoms with Gasteiger partial charge in [0, 0.05) is 12.6 Å². The lowest BCUT2D eigenvalue weighted by molar-refractivity contribution is 0.0526. The van der Waals surface area contributed by atoms with Gasteiger partial charge in [-0.1, -0.05) is 0 Å². The van der Waals surface area contributed by atoms with Gasteiger partial charge in [0.2, 0.25) is 0 Å². The van der Waals surface area contributed by atoms with Crippen molar-refractivity contribution in [3.63, 3.8) is 0 Å². The number of hydrogen-bond donors (Lipinski definition) is 2. The van der Waals surface area contributed by atoms with Gasteiger partial charge in [-0.2, -0.15) is 0 Å². The molecule has 1 saturated heterocycles. The van der Waals surface area contributed by atoms with Crippen LogP contribution in [0.3, 0.4) is 0 Å². The molecule has 1 heterocycles. The molecule has 2 unspecified atom stereocenters. The summed E-state index contributed by atoms with van der Waals surface area (Å²) in [6.07, 6.45) is 2.39. The Hall–Kier alpha value is -1.75. The highest BCUT2D eigenvalue weighted by atomic mass is 16.5. The first-order valence-corrected chi connectivity index (χ1v) is 7.06. The lowest BCUT2D eigenvalue weighted by atomic mass is 10.1. The van der Waals surface area contributed by atoms with Crippen LogP contribution in [0, 0.1) is 0 Å². The zero-order valence-electron chi connectivity index (χ0n) is 12.0. The largest absolute Gasteiger partial charge is 0.462 e. The number of anilines is 2. The minimum absolute atomic E-state index is 0.188. The standard InChI is InChI=1S/C15H22N2O3/c1-3-19-15(18)11-6-7-13(12(16)9-11)17-10(2)14-5-4-8-20-14/h6-7,9-10,14,17H,3-5,8,16H2,1-2H3. The molecule has 3 N–H and O–H groups in total. The van der Waals surface area contributed by atoms with E-state index < -0.39 is 0 Å². The maximum Gasteiger partial charge on any atom is 0.338 e. The Morgan fingerprint density at radius 1 is 1.60 bits per heavy atom. The molecular formula is C15H22N2O3. The first-order valence-electron chi connectivity index (χ1n) is 7.06. The molecule has 0 bridgehead atoms. The molecular weight excluding hydrogens is 256 g/mol. The summed E-state index contributed by atoms with van der Waals surface area (Å²) < 4.78 is 10.6. The Bertz CT molecular complexity index is 470. The van der Waals surface area contributed by atoms with Crippen molar-refractivity contribution in [3.8, 4) is 0 Å². The summed E-state index contributed by atoms with van der Waals surface area (Å²) in [4.78, 5) is 11.6. The maximum atomic E-state index is 11.6. The maximum absolute atomic E-state index is 11.6. The molecule has 0 radical (unpaired) electrons. The normalized spacial score (nSPS) is 19.6. The first kappa shape index (κ1) is 14.7. The van der Waals surface area contributed by atoms with Gasteiger partial charge in [-0.3, -0.25) is 0 Å². The topological polar surface area (TPSA) is 73.6 Å². The van der Waals surface area contributed by atoms with Crippen molar-refractivity contribution >= 4 is 17.3 Å². The van der Waals surface area contributed by atoms with Gasteiger partial charge in [0.25, 0.3) is 0 Å². The van der Waals surface area contributed by atoms with E-state index in [9.17, 15) is 4.79 Å². The smallest absolute Gasteiger partial charge is 0.338 e. The number of benzene rings is 1. The van der Waals surface area contributed by atoms with Crippen LogP contribution in [-0.2, 0) is 9.47 Å². The number of carbonyl (C=O) groups excluding carboxylic acids is 1. The van der Waals surface area contributed by atoms with Crippen molar-refractivity contribution in [3.05, 3.63) is 23.8 Å². The van der Waals surface area contributed by atoms with Crippen molar-refractivity contribution in [2.24, 2.45) is 0 Å². The molecule has 2 atom stereocenters. The predicted molar refractivity (Wildman–Crippen MR) is 78.9 cm³/mol. The third-order valence-electron chi connectivity index (χ3n) is 3.47. The predicted octanol–water partition coefficient (Wildman–Crippen LogP) is 2.42. The molecule has 1 aromatic rings. The molecule has 5 heteroatoms. The summed E-state index contributed by atoms with van der Waals surface area (Å²) in [7, 11) is 0. The Kier molecular flexibility index (Phi) is 4.84. The van der Waals surface area contributed by atoms with Crippen LogP contribution in [0.15, 0.2) is 18.2 Å². The van der Waals surface area contributed by atoms with E-state index in [0.29, 0.717) is 17.9 Å². The van der Waals surface area contributed by atoms with Gasteiger partial charge in [-0.25, -0.2) is 4.79 Å². The fourth-order valence-electron chi connectivity index (χ4n) is 2.37. The second-order valence-corrected chi connectivity index (χ2v) is 5.01. The van der Waals surface area contributed by atoms with Crippen LogP contribution in [0.25, 0.3) is 0 Å². The third-order valence-corrected chi connectivity index (χ3v) is 3.47. The van der Waals surface area contributed by atoms with Crippen molar-refractivity contribution in [1.82, 2.24) is 0 Å². The monoisotopic (exact) mass is 278 g/mol. The lowest BCUT2D eigenvalue weighted by Crippen LogP contribution is -2.30. The van der Waals surface area contributed by atoms with Gasteiger partial charge in [0.15, 0.2) is 0 Å². The number of hydrogen-bond acceptors (Lipinski definition) is 5. The van der Waals surface area contributed by atoms with Crippen molar-refractivity contribution < 1.29 is 14.3 Å². The second-order valence-electron chi connectivity index (χ2n) is 5.01. The third kappa shape index (κ3) is 3.42. The highest BCUT2D eigenvalue weighted by Gasteiger charge is 2.22. The summed E-state index contributed by atoms with van der Waals surface area (Å²) in [5.74, 6) is -0.349. The average Bonchev–Trinajstić information content (AvgIpc) is 2.95. The Morgan fingerprint density at radius 2 is 2.40 bits per heavy atom. The molecule has 2 rings (SSSR count). The number of rotatable bonds is 5. The fraction of sp³-hybridized carbons (Fsp3) is 0.533. The van der Waals surface area contributed by atoms with Gasteiger partial charge < -0.3 is 20.5 Å². The van der Waals surface area contributed by atoms with Gasteiger partial charge >= 0.3 is 5.97 Å². The van der Waals surface area contributed by atoms with Gasteiger partial charge in [-0.15, -0.1) is 0 Å². The zero-order valence-corrected chi connectivity index (χ0v) is 12.0. The van der Waals surface area contributed by atoms with Crippen LogP contribution < -0.4 is 11.1 Å². The molecule has 1 aliphatic heterocycles. The molecule has 1 aromatic carbocycles. The Morgan fingerprint density at radius 3 is 3.00 bits per heavy atom. The van der Waals surface area contributed by atoms with Crippen molar-refractivity contribution in [2.75, 3.05) is 24.3 Å². The van der Waals surface area contributed by atoms with E-state index in [1.54, 1.807) is 19.1 Å². The summed E-state index contributed by atoms with van der Waals surface area (Å²) >= 11 is 0. The van der Waals surface area contributed by atoms with E-state index in [4.69, 9.17) is 15.2 Å². The molecule has 1 fully saturated rings. The molecule has 20 heavy (non-hydrogen) atoms. The number of nitrogens with two attached hydrogens (primary N) is 1. The molecule has 0 saturated carbocycles. The van der Waals surface area contributed by atoms with Gasteiger partial charge in [0.05, 0.1) is 29.6 Å². The van der Waals surface area contributed by atoms with Crippen LogP contribution in [0.2, 0.25) is 0 Å². The molecule has 0 aromatic heterocycles. The number of nitrogens with one attached hydrogen (secondary N) is 1. The number of nitrogen functional groups attached to an aromatic ring is 1. The van der Waals surface area contributed by atoms with Crippen LogP contribution in [0.4, 0.5) is 11.4 Å². The van der Waals surface area contributed by atoms with Crippen LogP contribution in [-0.4, -0.2) is 31.3 Å². The van der Waals surface area contributed by atoms with E-state index in [1.165, 1.54) is 0 Å². The summed E-state index contributed by atoms with van der Waals surface area (Å²) in [5, 5.41) is 3.35. The van der Waals surface area contributed by atoms with E-state index in [0.717, 1.165) is 25.1 Å². The summed E-state index contributed by atoms with van der Waals surface area (Å²) in [6.45, 7) is 5.04. The SMILES string of the molecule is CCOC(=O)c1ccc(NC(C)C2CCCO2)c(N)c1. The minimum atomic E-state index is -0.349. The second kappa shape index (κ2) is 6.61. The van der Waals surface area contributed by atoms with Crippen LogP contribution in [0.1, 0.15) is 37.0 Å². The van der Waals surface area contributed by atoms with Crippen LogP contribution >= 0.6 is 0 Å². The molecule has 0 aliphatic carbocycles. The number of ether oxygens (including phenoxy) is 2.